The fourth-order valence-corrected chi connectivity index (χ4v) is 5.15. The number of carbonyl (C=O) groups is 3. The van der Waals surface area contributed by atoms with Crippen molar-refractivity contribution >= 4 is 17.7 Å². The van der Waals surface area contributed by atoms with Crippen LogP contribution in [0.3, 0.4) is 0 Å². The number of methoxy groups -OCH3 is 1. The number of aromatic amines is 1. The molecule has 1 aromatic rings. The van der Waals surface area contributed by atoms with Crippen LogP contribution in [0.2, 0.25) is 0 Å². The molecule has 9 nitrogen and oxygen atoms in total. The van der Waals surface area contributed by atoms with Crippen molar-refractivity contribution in [1.82, 2.24) is 24.7 Å². The number of fused-ring (bicyclic) bond motifs is 2. The summed E-state index contributed by atoms with van der Waals surface area (Å²) in [6.45, 7) is 4.86. The Bertz CT molecular complexity index is 799. The highest BCUT2D eigenvalue weighted by Gasteiger charge is 2.49. The summed E-state index contributed by atoms with van der Waals surface area (Å²) < 4.78 is 5.10. The number of nitrogens with one attached hydrogen (secondary N) is 1. The first-order valence-electron chi connectivity index (χ1n) is 10.4. The van der Waals surface area contributed by atoms with Crippen molar-refractivity contribution in [2.45, 2.75) is 38.1 Å². The molecule has 0 unspecified atom stereocenters. The first kappa shape index (κ1) is 19.9. The topological polar surface area (TPSA) is 98.8 Å². The third-order valence-electron chi connectivity index (χ3n) is 6.68. The lowest BCUT2D eigenvalue weighted by Gasteiger charge is -2.50. The largest absolute Gasteiger partial charge is 0.375 e. The molecule has 3 aliphatic rings. The minimum Gasteiger partial charge on any atom is -0.375 e. The third-order valence-corrected chi connectivity index (χ3v) is 6.68. The molecule has 1 atom stereocenters. The maximum atomic E-state index is 13.0. The molecule has 3 aliphatic heterocycles. The SMILES string of the molecule is CCN1C[C@H](C(=O)N2CCC3(CC2)c2nc[nH]c2CCN3C(=O)COC)CC1=O. The van der Waals surface area contributed by atoms with Gasteiger partial charge in [-0.2, -0.15) is 0 Å². The molecule has 1 aromatic heterocycles. The maximum Gasteiger partial charge on any atom is 0.249 e. The first-order valence-corrected chi connectivity index (χ1v) is 10.4. The van der Waals surface area contributed by atoms with E-state index in [2.05, 4.69) is 9.97 Å². The summed E-state index contributed by atoms with van der Waals surface area (Å²) in [7, 11) is 1.53. The van der Waals surface area contributed by atoms with Crippen LogP contribution < -0.4 is 0 Å². The highest BCUT2D eigenvalue weighted by atomic mass is 16.5. The summed E-state index contributed by atoms with van der Waals surface area (Å²) in [5, 5.41) is 0. The van der Waals surface area contributed by atoms with Crippen LogP contribution in [0.15, 0.2) is 6.33 Å². The van der Waals surface area contributed by atoms with Crippen molar-refractivity contribution in [2.24, 2.45) is 5.92 Å². The summed E-state index contributed by atoms with van der Waals surface area (Å²) in [6, 6.07) is 0. The summed E-state index contributed by atoms with van der Waals surface area (Å²) in [6.07, 6.45) is 4.02. The lowest BCUT2D eigenvalue weighted by atomic mass is 9.78. The quantitative estimate of drug-likeness (QED) is 0.770. The summed E-state index contributed by atoms with van der Waals surface area (Å²) in [4.78, 5) is 51.1. The van der Waals surface area contributed by atoms with Gasteiger partial charge in [0.1, 0.15) is 6.61 Å². The number of hydrogen-bond donors (Lipinski definition) is 1. The Morgan fingerprint density at radius 1 is 1.31 bits per heavy atom. The van der Waals surface area contributed by atoms with Gasteiger partial charge in [0.05, 0.1) is 23.5 Å². The molecule has 0 aromatic carbocycles. The van der Waals surface area contributed by atoms with Gasteiger partial charge in [-0.3, -0.25) is 14.4 Å². The van der Waals surface area contributed by atoms with Crippen molar-refractivity contribution in [1.29, 1.82) is 0 Å². The Hall–Kier alpha value is -2.42. The number of amides is 3. The standard InChI is InChI=1S/C20H29N5O4/c1-3-23-11-14(10-16(23)26)19(28)24-8-5-20(6-9-24)18-15(21-13-22-18)4-7-25(20)17(27)12-29-2/h13-14H,3-12H2,1-2H3,(H,21,22)/t14-/m1/s1. The molecule has 4 heterocycles. The Labute approximate surface area is 170 Å². The van der Waals surface area contributed by atoms with Crippen molar-refractivity contribution in [2.75, 3.05) is 46.4 Å². The fraction of sp³-hybridized carbons (Fsp3) is 0.700. The van der Waals surface area contributed by atoms with Crippen LogP contribution in [0, 0.1) is 5.92 Å². The van der Waals surface area contributed by atoms with Crippen molar-refractivity contribution < 1.29 is 19.1 Å². The van der Waals surface area contributed by atoms with Gasteiger partial charge in [0, 0.05) is 58.4 Å². The number of rotatable bonds is 4. The number of carbonyl (C=O) groups excluding carboxylic acids is 3. The van der Waals surface area contributed by atoms with E-state index in [1.165, 1.54) is 7.11 Å². The molecule has 0 bridgehead atoms. The molecule has 3 amide bonds. The van der Waals surface area contributed by atoms with Crippen LogP contribution in [0.4, 0.5) is 0 Å². The Balaban J connectivity index is 1.51. The van der Waals surface area contributed by atoms with E-state index < -0.39 is 5.54 Å². The van der Waals surface area contributed by atoms with Gasteiger partial charge >= 0.3 is 0 Å². The van der Waals surface area contributed by atoms with Gasteiger partial charge in [-0.1, -0.05) is 0 Å². The van der Waals surface area contributed by atoms with Gasteiger partial charge < -0.3 is 24.4 Å². The van der Waals surface area contributed by atoms with Crippen molar-refractivity contribution in [3.8, 4) is 0 Å². The van der Waals surface area contributed by atoms with E-state index in [4.69, 9.17) is 4.74 Å². The minimum absolute atomic E-state index is 0.0408. The van der Waals surface area contributed by atoms with Crippen molar-refractivity contribution in [3.63, 3.8) is 0 Å². The Morgan fingerprint density at radius 2 is 2.07 bits per heavy atom. The average Bonchev–Trinajstić information content (AvgIpc) is 3.35. The molecular weight excluding hydrogens is 374 g/mol. The molecule has 1 N–H and O–H groups in total. The summed E-state index contributed by atoms with van der Waals surface area (Å²) >= 11 is 0. The molecule has 0 aliphatic carbocycles. The first-order chi connectivity index (χ1) is 14.0. The molecular formula is C20H29N5O4. The lowest BCUT2D eigenvalue weighted by Crippen LogP contribution is -2.60. The number of piperidine rings is 1. The third kappa shape index (κ3) is 3.31. The number of nitrogens with zero attached hydrogens (tertiary/aromatic N) is 4. The second-order valence-corrected chi connectivity index (χ2v) is 8.15. The van der Waals surface area contributed by atoms with Gasteiger partial charge in [0.25, 0.3) is 0 Å². The molecule has 29 heavy (non-hydrogen) atoms. The molecule has 1 spiro atoms. The Morgan fingerprint density at radius 3 is 2.72 bits per heavy atom. The van der Waals surface area contributed by atoms with E-state index in [1.54, 1.807) is 11.2 Å². The van der Waals surface area contributed by atoms with E-state index in [9.17, 15) is 14.4 Å². The zero-order valence-corrected chi connectivity index (χ0v) is 17.1. The molecule has 4 rings (SSSR count). The van der Waals surface area contributed by atoms with Crippen LogP contribution in [-0.4, -0.2) is 88.8 Å². The highest BCUT2D eigenvalue weighted by Crippen LogP contribution is 2.42. The molecule has 0 saturated carbocycles. The minimum atomic E-state index is -0.499. The normalized spacial score (nSPS) is 23.6. The van der Waals surface area contributed by atoms with Gasteiger partial charge in [0.2, 0.25) is 17.7 Å². The lowest BCUT2D eigenvalue weighted by molar-refractivity contribution is -0.148. The van der Waals surface area contributed by atoms with E-state index in [0.29, 0.717) is 52.0 Å². The van der Waals surface area contributed by atoms with Crippen molar-refractivity contribution in [3.05, 3.63) is 17.7 Å². The molecule has 2 fully saturated rings. The molecule has 0 radical (unpaired) electrons. The zero-order chi connectivity index (χ0) is 20.6. The van der Waals surface area contributed by atoms with Gasteiger partial charge in [0.15, 0.2) is 0 Å². The fourth-order valence-electron chi connectivity index (χ4n) is 5.15. The molecule has 2 saturated heterocycles. The summed E-state index contributed by atoms with van der Waals surface area (Å²) in [5.41, 5.74) is 1.50. The van der Waals surface area contributed by atoms with Crippen LogP contribution >= 0.6 is 0 Å². The second kappa shape index (κ2) is 7.78. The predicted molar refractivity (Wildman–Crippen MR) is 104 cm³/mol. The van der Waals surface area contributed by atoms with Crippen LogP contribution in [0.25, 0.3) is 0 Å². The molecule has 9 heteroatoms. The number of aromatic nitrogens is 2. The number of likely N-dealkylation sites (tertiary alicyclic amines) is 2. The van der Waals surface area contributed by atoms with E-state index in [0.717, 1.165) is 17.8 Å². The number of H-pyrrole nitrogens is 1. The second-order valence-electron chi connectivity index (χ2n) is 8.15. The van der Waals surface area contributed by atoms with Gasteiger partial charge in [-0.25, -0.2) is 4.98 Å². The van der Waals surface area contributed by atoms with E-state index in [1.807, 2.05) is 16.7 Å². The van der Waals surface area contributed by atoms with E-state index >= 15 is 0 Å². The molecule has 158 valence electrons. The summed E-state index contributed by atoms with van der Waals surface area (Å²) in [5.74, 6) is -0.183. The highest BCUT2D eigenvalue weighted by molar-refractivity contribution is 5.89. The van der Waals surface area contributed by atoms with Crippen LogP contribution in [0.1, 0.15) is 37.6 Å². The van der Waals surface area contributed by atoms with Crippen LogP contribution in [-0.2, 0) is 31.1 Å². The number of ether oxygens (including phenoxy) is 1. The predicted octanol–water partition coefficient (Wildman–Crippen LogP) is 0.127. The maximum absolute atomic E-state index is 13.0. The van der Waals surface area contributed by atoms with Crippen LogP contribution in [0.5, 0.6) is 0 Å². The monoisotopic (exact) mass is 403 g/mol. The zero-order valence-electron chi connectivity index (χ0n) is 17.1. The number of imidazole rings is 1. The average molecular weight is 403 g/mol. The van der Waals surface area contributed by atoms with Gasteiger partial charge in [-0.15, -0.1) is 0 Å². The number of hydrogen-bond acceptors (Lipinski definition) is 5. The smallest absolute Gasteiger partial charge is 0.249 e. The van der Waals surface area contributed by atoms with E-state index in [-0.39, 0.29) is 30.2 Å². The van der Waals surface area contributed by atoms with Gasteiger partial charge in [-0.05, 0) is 19.8 Å². The Kier molecular flexibility index (Phi) is 5.33.